The highest BCUT2D eigenvalue weighted by atomic mass is 16.5. The molecule has 0 aromatic heterocycles. The second-order valence-electron chi connectivity index (χ2n) is 11.1. The summed E-state index contributed by atoms with van der Waals surface area (Å²) >= 11 is 0. The predicted molar refractivity (Wildman–Crippen MR) is 151 cm³/mol. The van der Waals surface area contributed by atoms with E-state index >= 15 is 0 Å². The number of hydrogen-bond acceptors (Lipinski definition) is 4. The minimum absolute atomic E-state index is 0.155. The van der Waals surface area contributed by atoms with Crippen molar-refractivity contribution < 1.29 is 9.84 Å². The van der Waals surface area contributed by atoms with Crippen molar-refractivity contribution in [3.8, 4) is 11.5 Å². The number of ether oxygens (including phenoxy) is 1. The van der Waals surface area contributed by atoms with Crippen LogP contribution in [0.5, 0.6) is 11.5 Å². The molecule has 4 heteroatoms. The molecular weight excluding hydrogens is 444 g/mol. The van der Waals surface area contributed by atoms with Gasteiger partial charge in [0.1, 0.15) is 11.5 Å². The van der Waals surface area contributed by atoms with Crippen molar-refractivity contribution >= 4 is 5.69 Å². The van der Waals surface area contributed by atoms with Crippen LogP contribution >= 0.6 is 0 Å². The van der Waals surface area contributed by atoms with Gasteiger partial charge in [0.15, 0.2) is 0 Å². The largest absolute Gasteiger partial charge is 0.508 e. The molecule has 4 rings (SSSR count). The van der Waals surface area contributed by atoms with Gasteiger partial charge in [-0.25, -0.2) is 0 Å². The molecule has 3 aromatic rings. The van der Waals surface area contributed by atoms with Crippen LogP contribution in [-0.4, -0.2) is 43.3 Å². The van der Waals surface area contributed by atoms with Gasteiger partial charge in [-0.05, 0) is 118 Å². The van der Waals surface area contributed by atoms with Crippen LogP contribution in [0.15, 0.2) is 60.7 Å². The number of aromatic hydroxyl groups is 1. The van der Waals surface area contributed by atoms with Crippen LogP contribution in [0.3, 0.4) is 0 Å². The highest BCUT2D eigenvalue weighted by molar-refractivity contribution is 5.57. The molecule has 1 aliphatic rings. The molecule has 0 radical (unpaired) electrons. The van der Waals surface area contributed by atoms with Crippen molar-refractivity contribution in [3.05, 3.63) is 88.5 Å². The average molecular weight is 487 g/mol. The van der Waals surface area contributed by atoms with E-state index in [0.29, 0.717) is 11.7 Å². The Kier molecular flexibility index (Phi) is 8.25. The number of rotatable bonds is 10. The zero-order valence-electron chi connectivity index (χ0n) is 22.6. The molecule has 0 heterocycles. The standard InChI is InChI=1S/C32H42N2O2/c1-32(2,34(3)4)22-24-10-8-23(9-11-24)7-6-18-33-31-21-29(36-5)16-17-30(31)27-13-12-26-20-28(35)15-14-25(26)19-27/h8-11,14-17,20-21,27,33,35H,6-7,12-13,18-19,22H2,1-5H3/t27-/m1/s1. The van der Waals surface area contributed by atoms with E-state index in [1.165, 1.54) is 33.5 Å². The lowest BCUT2D eigenvalue weighted by Crippen LogP contribution is -2.40. The van der Waals surface area contributed by atoms with Crippen molar-refractivity contribution in [1.29, 1.82) is 0 Å². The number of phenols is 1. The molecule has 0 saturated carbocycles. The Morgan fingerprint density at radius 3 is 2.44 bits per heavy atom. The summed E-state index contributed by atoms with van der Waals surface area (Å²) < 4.78 is 5.53. The quantitative estimate of drug-likeness (QED) is 0.317. The van der Waals surface area contributed by atoms with Crippen LogP contribution in [0, 0.1) is 0 Å². The Balaban J connectivity index is 1.36. The Morgan fingerprint density at radius 1 is 0.972 bits per heavy atom. The average Bonchev–Trinajstić information content (AvgIpc) is 2.87. The van der Waals surface area contributed by atoms with Crippen molar-refractivity contribution in [3.63, 3.8) is 0 Å². The molecule has 1 atom stereocenters. The van der Waals surface area contributed by atoms with Crippen molar-refractivity contribution in [2.45, 2.75) is 63.8 Å². The van der Waals surface area contributed by atoms with Crippen molar-refractivity contribution in [2.24, 2.45) is 0 Å². The minimum atomic E-state index is 0.155. The molecule has 3 aromatic carbocycles. The first kappa shape index (κ1) is 26.1. The zero-order valence-corrected chi connectivity index (χ0v) is 22.6. The summed E-state index contributed by atoms with van der Waals surface area (Å²) in [6.07, 6.45) is 6.28. The van der Waals surface area contributed by atoms with Crippen LogP contribution in [-0.2, 0) is 25.7 Å². The van der Waals surface area contributed by atoms with Gasteiger partial charge < -0.3 is 20.1 Å². The van der Waals surface area contributed by atoms with Gasteiger partial charge in [-0.1, -0.05) is 36.4 Å². The molecule has 0 unspecified atom stereocenters. The number of likely N-dealkylation sites (N-methyl/N-ethyl adjacent to an activating group) is 1. The maximum absolute atomic E-state index is 9.83. The number of fused-ring (bicyclic) bond motifs is 1. The number of nitrogens with zero attached hydrogens (tertiary/aromatic N) is 1. The number of benzene rings is 3. The van der Waals surface area contributed by atoms with E-state index in [-0.39, 0.29) is 5.54 Å². The van der Waals surface area contributed by atoms with E-state index in [2.05, 4.69) is 86.7 Å². The summed E-state index contributed by atoms with van der Waals surface area (Å²) in [6, 6.07) is 21.4. The fourth-order valence-corrected chi connectivity index (χ4v) is 5.18. The molecule has 2 N–H and O–H groups in total. The summed E-state index contributed by atoms with van der Waals surface area (Å²) in [5.41, 5.74) is 8.11. The highest BCUT2D eigenvalue weighted by Gasteiger charge is 2.23. The normalized spacial score (nSPS) is 15.6. The van der Waals surface area contributed by atoms with Crippen LogP contribution in [0.25, 0.3) is 0 Å². The van der Waals surface area contributed by atoms with Gasteiger partial charge in [-0.15, -0.1) is 0 Å². The van der Waals surface area contributed by atoms with Gasteiger partial charge in [-0.2, -0.15) is 0 Å². The predicted octanol–water partition coefficient (Wildman–Crippen LogP) is 6.60. The smallest absolute Gasteiger partial charge is 0.120 e. The topological polar surface area (TPSA) is 44.7 Å². The second kappa shape index (κ2) is 11.4. The molecule has 4 nitrogen and oxygen atoms in total. The lowest BCUT2D eigenvalue weighted by molar-refractivity contribution is 0.195. The van der Waals surface area contributed by atoms with Gasteiger partial charge in [0.05, 0.1) is 7.11 Å². The lowest BCUT2D eigenvalue weighted by atomic mass is 9.79. The number of anilines is 1. The first-order chi connectivity index (χ1) is 17.2. The molecule has 192 valence electrons. The van der Waals surface area contributed by atoms with E-state index in [1.807, 2.05) is 12.1 Å². The first-order valence-corrected chi connectivity index (χ1v) is 13.2. The van der Waals surface area contributed by atoms with E-state index in [4.69, 9.17) is 4.74 Å². The lowest BCUT2D eigenvalue weighted by Gasteiger charge is -2.32. The van der Waals surface area contributed by atoms with E-state index in [9.17, 15) is 5.11 Å². The van der Waals surface area contributed by atoms with Crippen LogP contribution in [0.1, 0.15) is 60.4 Å². The number of aryl methyl sites for hydroxylation is 2. The third-order valence-corrected chi connectivity index (χ3v) is 7.95. The molecular formula is C32H42N2O2. The third kappa shape index (κ3) is 6.41. The maximum atomic E-state index is 9.83. The summed E-state index contributed by atoms with van der Waals surface area (Å²) in [7, 11) is 6.02. The van der Waals surface area contributed by atoms with E-state index < -0.39 is 0 Å². The molecule has 0 spiro atoms. The summed E-state index contributed by atoms with van der Waals surface area (Å²) in [5, 5.41) is 13.5. The van der Waals surface area contributed by atoms with Gasteiger partial charge in [0, 0.05) is 23.8 Å². The third-order valence-electron chi connectivity index (χ3n) is 7.95. The van der Waals surface area contributed by atoms with Crippen LogP contribution in [0.2, 0.25) is 0 Å². The Hall–Kier alpha value is -2.98. The van der Waals surface area contributed by atoms with Crippen LogP contribution < -0.4 is 10.1 Å². The number of methoxy groups -OCH3 is 1. The SMILES string of the molecule is COc1ccc([C@@H]2CCc3cc(O)ccc3C2)c(NCCCc2ccc(CC(C)(C)N(C)C)cc2)c1. The molecule has 0 fully saturated rings. The molecule has 0 aliphatic heterocycles. The summed E-state index contributed by atoms with van der Waals surface area (Å²) in [6.45, 7) is 5.50. The second-order valence-corrected chi connectivity index (χ2v) is 11.1. The number of phenolic OH excluding ortho intramolecular Hbond substituents is 1. The Labute approximate surface area is 217 Å². The van der Waals surface area contributed by atoms with Gasteiger partial charge in [0.2, 0.25) is 0 Å². The molecule has 0 bridgehead atoms. The van der Waals surface area contributed by atoms with Crippen molar-refractivity contribution in [2.75, 3.05) is 33.1 Å². The summed E-state index contributed by atoms with van der Waals surface area (Å²) in [4.78, 5) is 2.29. The molecule has 0 saturated heterocycles. The fourth-order valence-electron chi connectivity index (χ4n) is 5.18. The van der Waals surface area contributed by atoms with Crippen molar-refractivity contribution in [1.82, 2.24) is 4.90 Å². The van der Waals surface area contributed by atoms with E-state index in [0.717, 1.165) is 50.8 Å². The number of hydrogen-bond donors (Lipinski definition) is 2. The van der Waals surface area contributed by atoms with Crippen LogP contribution in [0.4, 0.5) is 5.69 Å². The maximum Gasteiger partial charge on any atom is 0.120 e. The van der Waals surface area contributed by atoms with Gasteiger partial charge in [-0.3, -0.25) is 0 Å². The minimum Gasteiger partial charge on any atom is -0.508 e. The molecule has 0 amide bonds. The molecule has 36 heavy (non-hydrogen) atoms. The van der Waals surface area contributed by atoms with Gasteiger partial charge in [0.25, 0.3) is 0 Å². The zero-order chi connectivity index (χ0) is 25.7. The van der Waals surface area contributed by atoms with Gasteiger partial charge >= 0.3 is 0 Å². The number of nitrogens with one attached hydrogen (secondary N) is 1. The summed E-state index contributed by atoms with van der Waals surface area (Å²) in [5.74, 6) is 1.72. The monoisotopic (exact) mass is 486 g/mol. The Morgan fingerprint density at radius 2 is 1.72 bits per heavy atom. The molecule has 1 aliphatic carbocycles. The fraction of sp³-hybridized carbons (Fsp3) is 0.438. The Bertz CT molecular complexity index is 1150. The van der Waals surface area contributed by atoms with E-state index in [1.54, 1.807) is 7.11 Å². The highest BCUT2D eigenvalue weighted by Crippen LogP contribution is 2.38. The first-order valence-electron chi connectivity index (χ1n) is 13.2.